The highest BCUT2D eigenvalue weighted by molar-refractivity contribution is 7.89. The normalized spacial score (nSPS) is 18.6. The molecular weight excluding hydrogens is 364 g/mol. The fraction of sp³-hybridized carbons (Fsp3) is 0.375. The maximum atomic E-state index is 13.1. The molecular formula is C16H21ClN4O3S. The molecule has 2 aromatic rings. The van der Waals surface area contributed by atoms with Crippen molar-refractivity contribution in [2.24, 2.45) is 7.05 Å². The quantitative estimate of drug-likeness (QED) is 0.805. The van der Waals surface area contributed by atoms with Crippen LogP contribution < -0.4 is 5.32 Å². The van der Waals surface area contributed by atoms with Crippen LogP contribution in [0, 0.1) is 0 Å². The Hall–Kier alpha value is -1.74. The molecule has 0 radical (unpaired) electrons. The molecule has 1 aliphatic rings. The molecule has 9 heteroatoms. The fourth-order valence-electron chi connectivity index (χ4n) is 2.90. The minimum atomic E-state index is -3.72. The molecule has 1 N–H and O–H groups in total. The van der Waals surface area contributed by atoms with Crippen LogP contribution in [-0.4, -0.2) is 47.7 Å². The molecule has 1 unspecified atom stereocenters. The van der Waals surface area contributed by atoms with Crippen molar-refractivity contribution in [3.8, 4) is 0 Å². The molecule has 1 saturated heterocycles. The number of benzene rings is 1. The molecule has 1 aliphatic heterocycles. The van der Waals surface area contributed by atoms with Crippen LogP contribution in [0.1, 0.15) is 29.1 Å². The van der Waals surface area contributed by atoms with Crippen LogP contribution in [0.3, 0.4) is 0 Å². The van der Waals surface area contributed by atoms with Gasteiger partial charge in [0.15, 0.2) is 5.78 Å². The average Bonchev–Trinajstić information content (AvgIpc) is 3.01. The van der Waals surface area contributed by atoms with Crippen molar-refractivity contribution in [1.82, 2.24) is 19.2 Å². The largest absolute Gasteiger partial charge is 0.337 e. The number of rotatable bonds is 4. The number of sulfonamides is 1. The van der Waals surface area contributed by atoms with E-state index >= 15 is 0 Å². The smallest absolute Gasteiger partial charge is 0.243 e. The van der Waals surface area contributed by atoms with Crippen molar-refractivity contribution in [1.29, 1.82) is 0 Å². The molecule has 0 bridgehead atoms. The molecule has 25 heavy (non-hydrogen) atoms. The average molecular weight is 385 g/mol. The van der Waals surface area contributed by atoms with Crippen LogP contribution in [0.4, 0.5) is 0 Å². The van der Waals surface area contributed by atoms with Gasteiger partial charge in [0, 0.05) is 44.6 Å². The van der Waals surface area contributed by atoms with Gasteiger partial charge in [-0.1, -0.05) is 12.1 Å². The minimum absolute atomic E-state index is 0. The van der Waals surface area contributed by atoms with Crippen molar-refractivity contribution in [3.05, 3.63) is 48.0 Å². The number of carbonyl (C=O) groups is 1. The monoisotopic (exact) mass is 384 g/mol. The van der Waals surface area contributed by atoms with Gasteiger partial charge in [0.25, 0.3) is 0 Å². The molecule has 136 valence electrons. The van der Waals surface area contributed by atoms with Crippen LogP contribution in [-0.2, 0) is 17.1 Å². The highest BCUT2D eigenvalue weighted by Gasteiger charge is 2.36. The highest BCUT2D eigenvalue weighted by Crippen LogP contribution is 2.28. The predicted octanol–water partition coefficient (Wildman–Crippen LogP) is 1.38. The molecule has 3 rings (SSSR count). The molecule has 7 nitrogen and oxygen atoms in total. The van der Waals surface area contributed by atoms with Gasteiger partial charge >= 0.3 is 0 Å². The van der Waals surface area contributed by atoms with Crippen LogP contribution >= 0.6 is 12.4 Å². The molecule has 0 saturated carbocycles. The lowest BCUT2D eigenvalue weighted by Gasteiger charge is -2.34. The number of halogens is 1. The van der Waals surface area contributed by atoms with Crippen molar-refractivity contribution in [3.63, 3.8) is 0 Å². The van der Waals surface area contributed by atoms with E-state index in [4.69, 9.17) is 0 Å². The second kappa shape index (κ2) is 7.65. The van der Waals surface area contributed by atoms with Crippen LogP contribution in [0.25, 0.3) is 0 Å². The van der Waals surface area contributed by atoms with Gasteiger partial charge in [-0.15, -0.1) is 12.4 Å². The number of ketones is 1. The Morgan fingerprint density at radius 3 is 2.76 bits per heavy atom. The lowest BCUT2D eigenvalue weighted by atomic mass is 10.2. The summed E-state index contributed by atoms with van der Waals surface area (Å²) in [6.07, 6.45) is 3.45. The van der Waals surface area contributed by atoms with Crippen molar-refractivity contribution >= 4 is 28.2 Å². The van der Waals surface area contributed by atoms with Crippen molar-refractivity contribution in [2.75, 3.05) is 19.6 Å². The summed E-state index contributed by atoms with van der Waals surface area (Å²) in [7, 11) is -1.88. The number of carbonyl (C=O) groups excluding carboxylic acids is 1. The fourth-order valence-corrected chi connectivity index (χ4v) is 4.54. The second-order valence-electron chi connectivity index (χ2n) is 5.82. The van der Waals surface area contributed by atoms with Gasteiger partial charge in [-0.25, -0.2) is 13.4 Å². The standard InChI is InChI=1S/C16H20N4O3S.ClH/c1-12(21)13-4-3-5-14(10-13)24(22,23)20-9-6-17-11-15(20)16-18-7-8-19(16)2;/h3-5,7-8,10,15,17H,6,9,11H2,1-2H3;1H. The second-order valence-corrected chi connectivity index (χ2v) is 7.71. The third kappa shape index (κ3) is 3.77. The molecule has 0 aliphatic carbocycles. The molecule has 1 aromatic carbocycles. The summed E-state index contributed by atoms with van der Waals surface area (Å²) in [6, 6.07) is 5.80. The number of aryl methyl sites for hydroxylation is 1. The Labute approximate surface area is 153 Å². The first-order valence-electron chi connectivity index (χ1n) is 7.72. The van der Waals surface area contributed by atoms with E-state index < -0.39 is 10.0 Å². The van der Waals surface area contributed by atoms with Crippen molar-refractivity contribution in [2.45, 2.75) is 17.9 Å². The van der Waals surface area contributed by atoms with Gasteiger partial charge in [-0.05, 0) is 19.1 Å². The summed E-state index contributed by atoms with van der Waals surface area (Å²) in [5.74, 6) is 0.529. The molecule has 0 spiro atoms. The first-order chi connectivity index (χ1) is 11.4. The van der Waals surface area contributed by atoms with E-state index in [1.807, 2.05) is 11.6 Å². The van der Waals surface area contributed by atoms with Gasteiger partial charge in [0.1, 0.15) is 5.82 Å². The lowest BCUT2D eigenvalue weighted by molar-refractivity contribution is 0.101. The molecule has 2 heterocycles. The van der Waals surface area contributed by atoms with Gasteiger partial charge in [-0.3, -0.25) is 4.79 Å². The predicted molar refractivity (Wildman–Crippen MR) is 96.4 cm³/mol. The number of hydrogen-bond donors (Lipinski definition) is 1. The number of aromatic nitrogens is 2. The number of imidazole rings is 1. The van der Waals surface area contributed by atoms with E-state index in [0.717, 1.165) is 0 Å². The van der Waals surface area contributed by atoms with Gasteiger partial charge in [0.2, 0.25) is 10.0 Å². The molecule has 1 atom stereocenters. The van der Waals surface area contributed by atoms with Gasteiger partial charge < -0.3 is 9.88 Å². The lowest BCUT2D eigenvalue weighted by Crippen LogP contribution is -2.49. The maximum Gasteiger partial charge on any atom is 0.243 e. The van der Waals surface area contributed by atoms with E-state index in [1.54, 1.807) is 24.5 Å². The zero-order valence-electron chi connectivity index (χ0n) is 14.0. The molecule has 1 aromatic heterocycles. The topological polar surface area (TPSA) is 84.3 Å². The first kappa shape index (κ1) is 19.6. The Balaban J connectivity index is 0.00000225. The summed E-state index contributed by atoms with van der Waals surface area (Å²) in [6.45, 7) is 2.85. The number of Topliss-reactive ketones (excluding diaryl/α,β-unsaturated/α-hetero) is 1. The van der Waals surface area contributed by atoms with E-state index in [1.165, 1.54) is 23.4 Å². The zero-order chi connectivity index (χ0) is 17.3. The zero-order valence-corrected chi connectivity index (χ0v) is 15.7. The van der Waals surface area contributed by atoms with Crippen LogP contribution in [0.2, 0.25) is 0 Å². The molecule has 0 amide bonds. The minimum Gasteiger partial charge on any atom is -0.337 e. The molecule has 1 fully saturated rings. The van der Waals surface area contributed by atoms with E-state index in [-0.39, 0.29) is 29.1 Å². The van der Waals surface area contributed by atoms with Gasteiger partial charge in [-0.2, -0.15) is 4.31 Å². The number of nitrogens with zero attached hydrogens (tertiary/aromatic N) is 3. The Bertz CT molecular complexity index is 866. The van der Waals surface area contributed by atoms with Crippen LogP contribution in [0.5, 0.6) is 0 Å². The van der Waals surface area contributed by atoms with Crippen LogP contribution in [0.15, 0.2) is 41.6 Å². The highest BCUT2D eigenvalue weighted by atomic mass is 35.5. The van der Waals surface area contributed by atoms with E-state index in [0.29, 0.717) is 31.0 Å². The van der Waals surface area contributed by atoms with Crippen molar-refractivity contribution < 1.29 is 13.2 Å². The number of nitrogens with one attached hydrogen (secondary N) is 1. The van der Waals surface area contributed by atoms with E-state index in [9.17, 15) is 13.2 Å². The summed E-state index contributed by atoms with van der Waals surface area (Å²) < 4.78 is 29.5. The summed E-state index contributed by atoms with van der Waals surface area (Å²) in [5.41, 5.74) is 0.389. The Morgan fingerprint density at radius 1 is 1.36 bits per heavy atom. The van der Waals surface area contributed by atoms with Gasteiger partial charge in [0.05, 0.1) is 10.9 Å². The SMILES string of the molecule is CC(=O)c1cccc(S(=O)(=O)N2CCNCC2c2nccn2C)c1.Cl. The summed E-state index contributed by atoms with van der Waals surface area (Å²) >= 11 is 0. The summed E-state index contributed by atoms with van der Waals surface area (Å²) in [5, 5.41) is 3.22. The summed E-state index contributed by atoms with van der Waals surface area (Å²) in [4.78, 5) is 16.0. The first-order valence-corrected chi connectivity index (χ1v) is 9.16. The Kier molecular flexibility index (Phi) is 5.99. The number of piperazine rings is 1. The third-order valence-corrected chi connectivity index (χ3v) is 6.10. The Morgan fingerprint density at radius 2 is 2.12 bits per heavy atom. The maximum absolute atomic E-state index is 13.1. The van der Waals surface area contributed by atoms with E-state index in [2.05, 4.69) is 10.3 Å². The number of hydrogen-bond acceptors (Lipinski definition) is 5. The third-order valence-electron chi connectivity index (χ3n) is 4.20.